The molecule has 0 heterocycles. The molecule has 2 heteroatoms. The smallest absolute Gasteiger partial charge is 0.174 e. The molecule has 0 amide bonds. The van der Waals surface area contributed by atoms with Crippen molar-refractivity contribution in [2.45, 2.75) is 27.7 Å². The van der Waals surface area contributed by atoms with Crippen LogP contribution >= 0.6 is 0 Å². The van der Waals surface area contributed by atoms with Crippen LogP contribution in [0.15, 0.2) is 34.8 Å². The van der Waals surface area contributed by atoms with Crippen LogP contribution in [0.1, 0.15) is 31.9 Å². The molecule has 2 nitrogen and oxygen atoms in total. The zero-order valence-electron chi connectivity index (χ0n) is 10.4. The highest BCUT2D eigenvalue weighted by atomic mass is 16.5. The van der Waals surface area contributed by atoms with Gasteiger partial charge in [-0.2, -0.15) is 0 Å². The molecule has 0 unspecified atom stereocenters. The largest absolute Gasteiger partial charge is 0.483 e. The second-order valence-corrected chi connectivity index (χ2v) is 3.91. The molecule has 0 aromatic heterocycles. The van der Waals surface area contributed by atoms with Gasteiger partial charge in [0, 0.05) is 5.56 Å². The van der Waals surface area contributed by atoms with Gasteiger partial charge in [0.2, 0.25) is 0 Å². The molecule has 1 aromatic carbocycles. The van der Waals surface area contributed by atoms with Crippen LogP contribution in [-0.2, 0) is 4.74 Å². The van der Waals surface area contributed by atoms with E-state index in [1.165, 1.54) is 17.5 Å². The molecule has 0 radical (unpaired) electrons. The van der Waals surface area contributed by atoms with E-state index in [2.05, 4.69) is 44.0 Å². The third-order valence-electron chi connectivity index (χ3n) is 2.19. The Balaban J connectivity index is 3.01. The van der Waals surface area contributed by atoms with Crippen molar-refractivity contribution >= 4 is 12.1 Å². The number of aliphatic imine (C=N–C) groups is 1. The summed E-state index contributed by atoms with van der Waals surface area (Å²) in [6, 6.07) is 8.33. The lowest BCUT2D eigenvalue weighted by atomic mass is 10.1. The highest BCUT2D eigenvalue weighted by Gasteiger charge is 2.01. The Morgan fingerprint density at radius 3 is 2.69 bits per heavy atom. The van der Waals surface area contributed by atoms with Crippen molar-refractivity contribution in [1.82, 2.24) is 0 Å². The van der Waals surface area contributed by atoms with Crippen LogP contribution in [0.4, 0.5) is 0 Å². The Labute approximate surface area is 97.7 Å². The molecule has 16 heavy (non-hydrogen) atoms. The lowest BCUT2D eigenvalue weighted by Crippen LogP contribution is -1.89. The van der Waals surface area contributed by atoms with Crippen molar-refractivity contribution < 1.29 is 4.74 Å². The van der Waals surface area contributed by atoms with Gasteiger partial charge in [-0.25, -0.2) is 4.99 Å². The minimum Gasteiger partial charge on any atom is -0.483 e. The second kappa shape index (κ2) is 6.11. The van der Waals surface area contributed by atoms with Gasteiger partial charge in [-0.3, -0.25) is 0 Å². The summed E-state index contributed by atoms with van der Waals surface area (Å²) in [6.07, 6.45) is 1.52. The SMILES string of the molecule is CCOC=NC(=C(C)C)c1cccc(C)c1. The van der Waals surface area contributed by atoms with Crippen LogP contribution in [0.2, 0.25) is 0 Å². The molecule has 0 N–H and O–H groups in total. The number of aryl methyl sites for hydroxylation is 1. The van der Waals surface area contributed by atoms with Crippen LogP contribution in [0.25, 0.3) is 5.70 Å². The van der Waals surface area contributed by atoms with Crippen LogP contribution in [-0.4, -0.2) is 13.0 Å². The number of ether oxygens (including phenoxy) is 1. The van der Waals surface area contributed by atoms with E-state index in [0.717, 1.165) is 11.3 Å². The number of rotatable bonds is 4. The molecule has 0 aliphatic carbocycles. The highest BCUT2D eigenvalue weighted by Crippen LogP contribution is 2.20. The molecule has 0 aliphatic rings. The summed E-state index contributed by atoms with van der Waals surface area (Å²) < 4.78 is 5.14. The van der Waals surface area contributed by atoms with E-state index in [0.29, 0.717) is 6.61 Å². The molecule has 0 saturated carbocycles. The third kappa shape index (κ3) is 3.54. The van der Waals surface area contributed by atoms with Crippen molar-refractivity contribution in [1.29, 1.82) is 0 Å². The van der Waals surface area contributed by atoms with E-state index in [1.807, 2.05) is 13.0 Å². The molecular formula is C14H19NO. The minimum atomic E-state index is 0.646. The summed E-state index contributed by atoms with van der Waals surface area (Å²) in [6.45, 7) is 8.79. The van der Waals surface area contributed by atoms with Crippen molar-refractivity contribution in [2.75, 3.05) is 6.61 Å². The predicted molar refractivity (Wildman–Crippen MR) is 69.6 cm³/mol. The van der Waals surface area contributed by atoms with E-state index in [-0.39, 0.29) is 0 Å². The number of nitrogens with zero attached hydrogens (tertiary/aromatic N) is 1. The first-order valence-electron chi connectivity index (χ1n) is 5.53. The summed E-state index contributed by atoms with van der Waals surface area (Å²) in [5.74, 6) is 0. The highest BCUT2D eigenvalue weighted by molar-refractivity contribution is 5.73. The average molecular weight is 217 g/mol. The lowest BCUT2D eigenvalue weighted by Gasteiger charge is -2.05. The molecule has 0 bridgehead atoms. The zero-order chi connectivity index (χ0) is 12.0. The van der Waals surface area contributed by atoms with E-state index in [9.17, 15) is 0 Å². The van der Waals surface area contributed by atoms with E-state index in [4.69, 9.17) is 4.74 Å². The van der Waals surface area contributed by atoms with Gasteiger partial charge in [0.15, 0.2) is 6.40 Å². The van der Waals surface area contributed by atoms with Crippen molar-refractivity contribution in [3.63, 3.8) is 0 Å². The van der Waals surface area contributed by atoms with Gasteiger partial charge < -0.3 is 4.74 Å². The summed E-state index contributed by atoms with van der Waals surface area (Å²) >= 11 is 0. The van der Waals surface area contributed by atoms with Crippen LogP contribution in [0, 0.1) is 6.92 Å². The number of hydrogen-bond acceptors (Lipinski definition) is 2. The fourth-order valence-corrected chi connectivity index (χ4v) is 1.45. The Morgan fingerprint density at radius 2 is 2.12 bits per heavy atom. The maximum atomic E-state index is 5.14. The molecule has 0 saturated heterocycles. The standard InChI is InChI=1S/C14H19NO/c1-5-16-10-15-14(11(2)3)13-8-6-7-12(4)9-13/h6-10H,5H2,1-4H3. The first-order valence-corrected chi connectivity index (χ1v) is 5.53. The molecule has 0 fully saturated rings. The maximum absolute atomic E-state index is 5.14. The van der Waals surface area contributed by atoms with Gasteiger partial charge in [-0.1, -0.05) is 23.8 Å². The Morgan fingerprint density at radius 1 is 1.38 bits per heavy atom. The average Bonchev–Trinajstić information content (AvgIpc) is 2.24. The predicted octanol–water partition coefficient (Wildman–Crippen LogP) is 3.81. The van der Waals surface area contributed by atoms with Gasteiger partial charge in [0.05, 0.1) is 12.3 Å². The summed E-state index contributed by atoms with van der Waals surface area (Å²) in [5, 5.41) is 0. The zero-order valence-corrected chi connectivity index (χ0v) is 10.4. The van der Waals surface area contributed by atoms with Crippen molar-refractivity contribution in [2.24, 2.45) is 4.99 Å². The minimum absolute atomic E-state index is 0.646. The van der Waals surface area contributed by atoms with Crippen LogP contribution in [0.3, 0.4) is 0 Å². The van der Waals surface area contributed by atoms with E-state index in [1.54, 1.807) is 0 Å². The molecular weight excluding hydrogens is 198 g/mol. The quantitative estimate of drug-likeness (QED) is 0.555. The second-order valence-electron chi connectivity index (χ2n) is 3.91. The lowest BCUT2D eigenvalue weighted by molar-refractivity contribution is 0.344. The van der Waals surface area contributed by atoms with Crippen molar-refractivity contribution in [3.05, 3.63) is 41.0 Å². The Hall–Kier alpha value is -1.57. The summed E-state index contributed by atoms with van der Waals surface area (Å²) in [4.78, 5) is 4.36. The van der Waals surface area contributed by atoms with Crippen LogP contribution < -0.4 is 0 Å². The fraction of sp³-hybridized carbons (Fsp3) is 0.357. The molecule has 0 atom stereocenters. The maximum Gasteiger partial charge on any atom is 0.174 e. The first-order chi connectivity index (χ1) is 7.65. The van der Waals surface area contributed by atoms with E-state index < -0.39 is 0 Å². The first kappa shape index (κ1) is 12.5. The monoisotopic (exact) mass is 217 g/mol. The van der Waals surface area contributed by atoms with Crippen molar-refractivity contribution in [3.8, 4) is 0 Å². The molecule has 1 aromatic rings. The van der Waals surface area contributed by atoms with Crippen LogP contribution in [0.5, 0.6) is 0 Å². The number of benzene rings is 1. The van der Waals surface area contributed by atoms with Gasteiger partial charge in [-0.15, -0.1) is 0 Å². The third-order valence-corrected chi connectivity index (χ3v) is 2.19. The fourth-order valence-electron chi connectivity index (χ4n) is 1.45. The Kier molecular flexibility index (Phi) is 4.77. The Bertz CT molecular complexity index is 401. The number of hydrogen-bond donors (Lipinski definition) is 0. The van der Waals surface area contributed by atoms with Gasteiger partial charge in [0.25, 0.3) is 0 Å². The van der Waals surface area contributed by atoms with E-state index >= 15 is 0 Å². The normalized spacial score (nSPS) is 10.5. The van der Waals surface area contributed by atoms with Gasteiger partial charge >= 0.3 is 0 Å². The van der Waals surface area contributed by atoms with Gasteiger partial charge in [-0.05, 0) is 39.3 Å². The molecule has 86 valence electrons. The molecule has 0 spiro atoms. The summed E-state index contributed by atoms with van der Waals surface area (Å²) in [7, 11) is 0. The summed E-state index contributed by atoms with van der Waals surface area (Å²) in [5.41, 5.74) is 4.54. The van der Waals surface area contributed by atoms with Gasteiger partial charge in [0.1, 0.15) is 0 Å². The molecule has 0 aliphatic heterocycles. The topological polar surface area (TPSA) is 21.6 Å². The number of allylic oxidation sites excluding steroid dienone is 1. The molecule has 1 rings (SSSR count).